The molecule has 0 heterocycles. The molecule has 0 fully saturated rings. The largest absolute Gasteiger partial charge is 0.322 e. The van der Waals surface area contributed by atoms with E-state index in [1.165, 1.54) is 24.3 Å². The number of hydrogen-bond acceptors (Lipinski definition) is 3. The Balaban J connectivity index is 2.09. The fourth-order valence-corrected chi connectivity index (χ4v) is 1.87. The average Bonchev–Trinajstić information content (AvgIpc) is 2.41. The van der Waals surface area contributed by atoms with Gasteiger partial charge in [0.15, 0.2) is 0 Å². The van der Waals surface area contributed by atoms with Crippen LogP contribution in [0.5, 0.6) is 0 Å². The first-order valence-corrected chi connectivity index (χ1v) is 6.23. The van der Waals surface area contributed by atoms with Crippen molar-refractivity contribution in [3.63, 3.8) is 0 Å². The van der Waals surface area contributed by atoms with Gasteiger partial charge in [0.1, 0.15) is 11.2 Å². The van der Waals surface area contributed by atoms with Gasteiger partial charge in [0, 0.05) is 16.1 Å². The third-order valence-electron chi connectivity index (χ3n) is 2.36. The Morgan fingerprint density at radius 1 is 1.21 bits per heavy atom. The lowest BCUT2D eigenvalue weighted by Crippen LogP contribution is -2.11. The summed E-state index contributed by atoms with van der Waals surface area (Å²) < 4.78 is 13.0. The zero-order chi connectivity index (χ0) is 13.7. The molecule has 0 spiro atoms. The van der Waals surface area contributed by atoms with Crippen molar-refractivity contribution in [2.75, 3.05) is 5.32 Å². The number of amides is 1. The van der Waals surface area contributed by atoms with E-state index in [4.69, 9.17) is 5.26 Å². The number of anilines is 1. The van der Waals surface area contributed by atoms with E-state index in [0.717, 1.165) is 16.7 Å². The number of nitrogens with one attached hydrogen (secondary N) is 1. The van der Waals surface area contributed by atoms with Gasteiger partial charge in [-0.3, -0.25) is 4.79 Å². The first kappa shape index (κ1) is 13.1. The lowest BCUT2D eigenvalue weighted by Gasteiger charge is -2.05. The molecule has 0 aliphatic carbocycles. The van der Waals surface area contributed by atoms with Gasteiger partial charge in [0.2, 0.25) is 0 Å². The van der Waals surface area contributed by atoms with Gasteiger partial charge >= 0.3 is 0 Å². The molecule has 19 heavy (non-hydrogen) atoms. The fraction of sp³-hybridized carbons (Fsp3) is 0. The van der Waals surface area contributed by atoms with Crippen molar-refractivity contribution in [2.24, 2.45) is 0 Å². The number of halogens is 1. The number of nitriles is 1. The summed E-state index contributed by atoms with van der Waals surface area (Å²) in [4.78, 5) is 12.6. The number of thiocyanates is 1. The minimum atomic E-state index is -0.451. The fourth-order valence-electron chi connectivity index (χ4n) is 1.49. The molecule has 2 aromatic carbocycles. The Morgan fingerprint density at radius 3 is 2.58 bits per heavy atom. The zero-order valence-corrected chi connectivity index (χ0v) is 10.6. The molecular weight excluding hydrogens is 263 g/mol. The molecule has 0 aliphatic heterocycles. The minimum absolute atomic E-state index is 0.260. The maximum absolute atomic E-state index is 13.0. The van der Waals surface area contributed by atoms with Crippen molar-refractivity contribution >= 4 is 23.4 Å². The van der Waals surface area contributed by atoms with Crippen LogP contribution in [0, 0.1) is 16.5 Å². The topological polar surface area (TPSA) is 52.9 Å². The van der Waals surface area contributed by atoms with Crippen molar-refractivity contribution in [1.82, 2.24) is 0 Å². The maximum Gasteiger partial charge on any atom is 0.255 e. The van der Waals surface area contributed by atoms with Crippen molar-refractivity contribution in [3.8, 4) is 5.40 Å². The van der Waals surface area contributed by atoms with Gasteiger partial charge in [-0.25, -0.2) is 4.39 Å². The number of carbonyl (C=O) groups is 1. The molecule has 94 valence electrons. The highest BCUT2D eigenvalue weighted by atomic mass is 32.2. The number of hydrogen-bond donors (Lipinski definition) is 1. The van der Waals surface area contributed by atoms with Crippen molar-refractivity contribution in [3.05, 3.63) is 59.9 Å². The molecule has 5 heteroatoms. The quantitative estimate of drug-likeness (QED) is 0.685. The Labute approximate surface area is 114 Å². The molecule has 0 radical (unpaired) electrons. The molecular formula is C14H9FN2OS. The second-order valence-electron chi connectivity index (χ2n) is 3.68. The third kappa shape index (κ3) is 3.57. The number of thioether (sulfide) groups is 1. The minimum Gasteiger partial charge on any atom is -0.322 e. The van der Waals surface area contributed by atoms with Gasteiger partial charge in [0.05, 0.1) is 0 Å². The summed E-state index contributed by atoms with van der Waals surface area (Å²) in [5.74, 6) is -0.825. The van der Waals surface area contributed by atoms with E-state index < -0.39 is 5.82 Å². The number of carbonyl (C=O) groups excluding carboxylic acids is 1. The van der Waals surface area contributed by atoms with Crippen molar-refractivity contribution in [1.29, 1.82) is 5.26 Å². The van der Waals surface area contributed by atoms with Crippen LogP contribution in [0.3, 0.4) is 0 Å². The van der Waals surface area contributed by atoms with Crippen LogP contribution in [0.25, 0.3) is 0 Å². The van der Waals surface area contributed by atoms with Crippen LogP contribution in [0.1, 0.15) is 10.4 Å². The normalized spacial score (nSPS) is 9.68. The highest BCUT2D eigenvalue weighted by molar-refractivity contribution is 8.03. The lowest BCUT2D eigenvalue weighted by atomic mass is 10.2. The predicted octanol–water partition coefficient (Wildman–Crippen LogP) is 3.65. The zero-order valence-electron chi connectivity index (χ0n) is 9.76. The molecule has 0 unspecified atom stereocenters. The van der Waals surface area contributed by atoms with Crippen LogP contribution in [0.15, 0.2) is 53.4 Å². The Kier molecular flexibility index (Phi) is 4.16. The van der Waals surface area contributed by atoms with E-state index >= 15 is 0 Å². The highest BCUT2D eigenvalue weighted by Crippen LogP contribution is 2.19. The van der Waals surface area contributed by atoms with E-state index in [-0.39, 0.29) is 11.5 Å². The Morgan fingerprint density at radius 2 is 1.95 bits per heavy atom. The summed E-state index contributed by atoms with van der Waals surface area (Å²) >= 11 is 1.04. The van der Waals surface area contributed by atoms with Gasteiger partial charge in [-0.15, -0.1) is 0 Å². The molecule has 0 saturated heterocycles. The first-order chi connectivity index (χ1) is 9.19. The van der Waals surface area contributed by atoms with Crippen LogP contribution in [0.2, 0.25) is 0 Å². The van der Waals surface area contributed by atoms with Crippen LogP contribution in [0.4, 0.5) is 10.1 Å². The summed E-state index contributed by atoms with van der Waals surface area (Å²) in [5.41, 5.74) is 0.854. The van der Waals surface area contributed by atoms with Gasteiger partial charge in [-0.2, -0.15) is 5.26 Å². The summed E-state index contributed by atoms with van der Waals surface area (Å²) in [6, 6.07) is 12.3. The van der Waals surface area contributed by atoms with E-state index in [0.29, 0.717) is 5.69 Å². The molecule has 0 aromatic heterocycles. The number of benzene rings is 2. The number of nitrogens with zero attached hydrogens (tertiary/aromatic N) is 1. The first-order valence-electron chi connectivity index (χ1n) is 5.42. The predicted molar refractivity (Wildman–Crippen MR) is 72.3 cm³/mol. The molecule has 2 rings (SSSR count). The van der Waals surface area contributed by atoms with E-state index in [2.05, 4.69) is 5.32 Å². The average molecular weight is 272 g/mol. The summed E-state index contributed by atoms with van der Waals surface area (Å²) in [5, 5.41) is 13.1. The van der Waals surface area contributed by atoms with Gasteiger partial charge < -0.3 is 5.32 Å². The highest BCUT2D eigenvalue weighted by Gasteiger charge is 2.06. The van der Waals surface area contributed by atoms with E-state index in [1.54, 1.807) is 24.3 Å². The van der Waals surface area contributed by atoms with Crippen LogP contribution in [-0.4, -0.2) is 5.91 Å². The Bertz CT molecular complexity index is 635. The smallest absolute Gasteiger partial charge is 0.255 e. The van der Waals surface area contributed by atoms with Crippen LogP contribution >= 0.6 is 11.8 Å². The van der Waals surface area contributed by atoms with Gasteiger partial charge in [0.25, 0.3) is 5.91 Å². The SMILES string of the molecule is N#CSc1ccc(NC(=O)c2cccc(F)c2)cc1. The molecule has 0 bridgehead atoms. The lowest BCUT2D eigenvalue weighted by molar-refractivity contribution is 0.102. The molecule has 0 aliphatic rings. The molecule has 0 atom stereocenters. The van der Waals surface area contributed by atoms with Crippen LogP contribution in [-0.2, 0) is 0 Å². The summed E-state index contributed by atoms with van der Waals surface area (Å²) in [6.45, 7) is 0. The number of rotatable bonds is 3. The second kappa shape index (κ2) is 6.03. The summed E-state index contributed by atoms with van der Waals surface area (Å²) in [7, 11) is 0. The van der Waals surface area contributed by atoms with E-state index in [9.17, 15) is 9.18 Å². The second-order valence-corrected chi connectivity index (χ2v) is 4.54. The monoisotopic (exact) mass is 272 g/mol. The molecule has 1 N–H and O–H groups in total. The molecule has 0 saturated carbocycles. The van der Waals surface area contributed by atoms with Gasteiger partial charge in [-0.05, 0) is 54.2 Å². The van der Waals surface area contributed by atoms with E-state index in [1.807, 2.05) is 5.40 Å². The van der Waals surface area contributed by atoms with Crippen molar-refractivity contribution < 1.29 is 9.18 Å². The molecule has 3 nitrogen and oxygen atoms in total. The maximum atomic E-state index is 13.0. The standard InChI is InChI=1S/C14H9FN2OS/c15-11-3-1-2-10(8-11)14(18)17-12-4-6-13(7-5-12)19-9-16/h1-8H,(H,17,18). The summed E-state index contributed by atoms with van der Waals surface area (Å²) in [6.07, 6.45) is 0. The van der Waals surface area contributed by atoms with Crippen LogP contribution < -0.4 is 5.32 Å². The molecule has 1 amide bonds. The molecule has 2 aromatic rings. The van der Waals surface area contributed by atoms with Crippen molar-refractivity contribution in [2.45, 2.75) is 4.90 Å². The third-order valence-corrected chi connectivity index (χ3v) is 2.96. The van der Waals surface area contributed by atoms with Gasteiger partial charge in [-0.1, -0.05) is 6.07 Å². The Hall–Kier alpha value is -2.32.